The van der Waals surface area contributed by atoms with Gasteiger partial charge in [-0.3, -0.25) is 14.7 Å². The Balaban J connectivity index is 1.54. The molecule has 0 saturated carbocycles. The van der Waals surface area contributed by atoms with Crippen LogP contribution in [-0.2, 0) is 27.3 Å². The Hall–Kier alpha value is -4.04. The molecule has 0 fully saturated rings. The molecule has 2 heterocycles. The first-order valence-electron chi connectivity index (χ1n) is 11.9. The second-order valence-corrected chi connectivity index (χ2v) is 9.87. The van der Waals surface area contributed by atoms with Crippen LogP contribution in [0.2, 0.25) is 0 Å². The summed E-state index contributed by atoms with van der Waals surface area (Å²) in [6.07, 6.45) is -0.218. The van der Waals surface area contributed by atoms with Crippen LogP contribution in [-0.4, -0.2) is 29.5 Å². The fourth-order valence-electron chi connectivity index (χ4n) is 4.63. The first-order chi connectivity index (χ1) is 18.0. The Morgan fingerprint density at radius 3 is 2.49 bits per heavy atom. The minimum atomic E-state index is -0.757. The molecule has 1 amide bonds. The highest BCUT2D eigenvalue weighted by atomic mass is 32.2. The molecule has 1 N–H and O–H groups in total. The number of aromatic nitrogens is 1. The third kappa shape index (κ3) is 4.97. The van der Waals surface area contributed by atoms with Gasteiger partial charge >= 0.3 is 12.1 Å². The van der Waals surface area contributed by atoms with E-state index >= 15 is 0 Å². The van der Waals surface area contributed by atoms with Gasteiger partial charge in [0.2, 0.25) is 0 Å². The quantitative estimate of drug-likeness (QED) is 0.344. The van der Waals surface area contributed by atoms with E-state index < -0.39 is 18.1 Å². The van der Waals surface area contributed by atoms with Gasteiger partial charge in [0.15, 0.2) is 0 Å². The van der Waals surface area contributed by atoms with Crippen molar-refractivity contribution in [3.63, 3.8) is 0 Å². The normalized spacial score (nSPS) is 14.3. The van der Waals surface area contributed by atoms with Gasteiger partial charge in [0, 0.05) is 18.2 Å². The number of benzene rings is 3. The molecule has 7 nitrogen and oxygen atoms in total. The number of nitrogens with zero attached hydrogens (tertiary/aromatic N) is 1. The number of hydrogen-bond donors (Lipinski definition) is 1. The number of methoxy groups -OCH3 is 1. The second kappa shape index (κ2) is 10.5. The number of aryl methyl sites for hydroxylation is 1. The zero-order valence-corrected chi connectivity index (χ0v) is 21.3. The number of fused-ring (bicyclic) bond motifs is 2. The number of hydrogen-bond acceptors (Lipinski definition) is 6. The van der Waals surface area contributed by atoms with E-state index in [1.165, 1.54) is 29.5 Å². The lowest BCUT2D eigenvalue weighted by molar-refractivity contribution is -0.143. The first kappa shape index (κ1) is 24.6. The Morgan fingerprint density at radius 2 is 1.73 bits per heavy atom. The summed E-state index contributed by atoms with van der Waals surface area (Å²) in [6.45, 7) is 2.17. The van der Waals surface area contributed by atoms with Crippen molar-refractivity contribution in [2.45, 2.75) is 31.0 Å². The summed E-state index contributed by atoms with van der Waals surface area (Å²) in [5.74, 6) is -0.157. The smallest absolute Gasteiger partial charge is 0.412 e. The molecule has 3 aromatic carbocycles. The maximum Gasteiger partial charge on any atom is 0.412 e. The van der Waals surface area contributed by atoms with Gasteiger partial charge in [0.1, 0.15) is 17.7 Å². The van der Waals surface area contributed by atoms with Crippen LogP contribution in [0.3, 0.4) is 0 Å². The van der Waals surface area contributed by atoms with Crippen molar-refractivity contribution in [1.29, 1.82) is 0 Å². The van der Waals surface area contributed by atoms with E-state index in [0.717, 1.165) is 27.5 Å². The molecule has 1 atom stereocenters. The van der Waals surface area contributed by atoms with Gasteiger partial charge in [-0.15, -0.1) is 11.8 Å². The third-order valence-corrected chi connectivity index (χ3v) is 7.66. The Labute approximate surface area is 218 Å². The van der Waals surface area contributed by atoms with Crippen LogP contribution >= 0.6 is 11.8 Å². The van der Waals surface area contributed by atoms with Crippen LogP contribution in [0.4, 0.5) is 10.5 Å². The van der Waals surface area contributed by atoms with E-state index in [2.05, 4.69) is 30.4 Å². The number of pyridine rings is 1. The van der Waals surface area contributed by atoms with E-state index in [1.807, 2.05) is 48.5 Å². The van der Waals surface area contributed by atoms with Crippen molar-refractivity contribution < 1.29 is 19.1 Å². The number of rotatable bonds is 6. The molecule has 1 aliphatic rings. The number of nitrogens with one attached hydrogen (secondary N) is 1. The third-order valence-electron chi connectivity index (χ3n) is 6.50. The Morgan fingerprint density at radius 1 is 1.00 bits per heavy atom. The first-order valence-corrected chi connectivity index (χ1v) is 12.9. The monoisotopic (exact) mass is 514 g/mol. The number of esters is 1. The van der Waals surface area contributed by atoms with Gasteiger partial charge in [0.25, 0.3) is 5.56 Å². The van der Waals surface area contributed by atoms with E-state index in [-0.39, 0.29) is 12.2 Å². The number of ether oxygens (including phenoxy) is 2. The van der Waals surface area contributed by atoms with Crippen LogP contribution in [0.25, 0.3) is 10.8 Å². The highest BCUT2D eigenvalue weighted by molar-refractivity contribution is 7.99. The number of anilines is 1. The number of carbonyl (C=O) groups is 2. The average molecular weight is 515 g/mol. The number of carbonyl (C=O) groups excluding carboxylic acids is 2. The zero-order valence-electron chi connectivity index (χ0n) is 20.5. The highest BCUT2D eigenvalue weighted by Crippen LogP contribution is 2.40. The summed E-state index contributed by atoms with van der Waals surface area (Å²) in [6, 6.07) is 22.3. The van der Waals surface area contributed by atoms with Crippen LogP contribution in [0.1, 0.15) is 28.3 Å². The van der Waals surface area contributed by atoms with Gasteiger partial charge in [-0.05, 0) is 39.9 Å². The molecule has 0 bridgehead atoms. The molecule has 8 heteroatoms. The minimum absolute atomic E-state index is 0.109. The molecular weight excluding hydrogens is 488 g/mol. The lowest BCUT2D eigenvalue weighted by Gasteiger charge is -2.18. The standard InChI is InChI=1S/C29H26N2O5S/c1-18-12-13-20(23-11-7-6-10-22(18)23)14-21-15-25(32)31-24(28(33)35-2)17-37-27(31)26(21)30-29(34)36-16-19-8-4-3-5-9-19/h3-13,15,24H,14,16-17H2,1-2H3,(H,30,34)/t24-/m0/s1. The van der Waals surface area contributed by atoms with Gasteiger partial charge in [-0.2, -0.15) is 0 Å². The zero-order chi connectivity index (χ0) is 25.9. The summed E-state index contributed by atoms with van der Waals surface area (Å²) in [5, 5.41) is 5.61. The minimum Gasteiger partial charge on any atom is -0.467 e. The fourth-order valence-corrected chi connectivity index (χ4v) is 5.92. The van der Waals surface area contributed by atoms with Crippen LogP contribution in [0.5, 0.6) is 0 Å². The SMILES string of the molecule is COC(=O)[C@@H]1CSc2c(NC(=O)OCc3ccccc3)c(Cc3ccc(C)c4ccccc34)cc(=O)n21. The molecule has 37 heavy (non-hydrogen) atoms. The van der Waals surface area contributed by atoms with Gasteiger partial charge in [-0.25, -0.2) is 9.59 Å². The molecule has 0 spiro atoms. The molecule has 1 aliphatic heterocycles. The predicted octanol–water partition coefficient (Wildman–Crippen LogP) is 5.47. The van der Waals surface area contributed by atoms with Crippen molar-refractivity contribution >= 4 is 40.3 Å². The van der Waals surface area contributed by atoms with E-state index in [4.69, 9.17) is 9.47 Å². The molecule has 0 aliphatic carbocycles. The van der Waals surface area contributed by atoms with Crippen LogP contribution in [0, 0.1) is 6.92 Å². The molecule has 5 rings (SSSR count). The van der Waals surface area contributed by atoms with Crippen molar-refractivity contribution in [3.8, 4) is 0 Å². The lowest BCUT2D eigenvalue weighted by atomic mass is 9.95. The lowest BCUT2D eigenvalue weighted by Crippen LogP contribution is -2.30. The van der Waals surface area contributed by atoms with Crippen molar-refractivity contribution in [2.24, 2.45) is 0 Å². The topological polar surface area (TPSA) is 86.6 Å². The average Bonchev–Trinajstić information content (AvgIpc) is 3.37. The molecule has 188 valence electrons. The molecule has 1 aromatic heterocycles. The molecular formula is C29H26N2O5S. The largest absolute Gasteiger partial charge is 0.467 e. The number of amides is 1. The number of thioether (sulfide) groups is 1. The van der Waals surface area contributed by atoms with E-state index in [0.29, 0.717) is 28.5 Å². The van der Waals surface area contributed by atoms with Crippen LogP contribution in [0.15, 0.2) is 82.6 Å². The molecule has 0 saturated heterocycles. The molecule has 4 aromatic rings. The van der Waals surface area contributed by atoms with Crippen LogP contribution < -0.4 is 10.9 Å². The van der Waals surface area contributed by atoms with E-state index in [9.17, 15) is 14.4 Å². The Kier molecular flexibility index (Phi) is 7.01. The summed E-state index contributed by atoms with van der Waals surface area (Å²) in [4.78, 5) is 38.5. The van der Waals surface area contributed by atoms with E-state index in [1.54, 1.807) is 0 Å². The Bertz CT molecular complexity index is 1550. The van der Waals surface area contributed by atoms with Gasteiger partial charge in [0.05, 0.1) is 12.8 Å². The molecule has 0 radical (unpaired) electrons. The summed E-state index contributed by atoms with van der Waals surface area (Å²) >= 11 is 1.34. The predicted molar refractivity (Wildman–Crippen MR) is 144 cm³/mol. The maximum atomic E-state index is 13.2. The van der Waals surface area contributed by atoms with Crippen molar-refractivity contribution in [3.05, 3.63) is 105 Å². The summed E-state index contributed by atoms with van der Waals surface area (Å²) < 4.78 is 11.8. The maximum absolute atomic E-state index is 13.2. The van der Waals surface area contributed by atoms with Gasteiger partial charge in [-0.1, -0.05) is 66.7 Å². The summed E-state index contributed by atoms with van der Waals surface area (Å²) in [5.41, 5.74) is 3.86. The summed E-state index contributed by atoms with van der Waals surface area (Å²) in [7, 11) is 1.30. The van der Waals surface area contributed by atoms with Gasteiger partial charge < -0.3 is 9.47 Å². The van der Waals surface area contributed by atoms with Crippen molar-refractivity contribution in [2.75, 3.05) is 18.2 Å². The fraction of sp³-hybridized carbons (Fsp3) is 0.207. The molecule has 0 unspecified atom stereocenters. The highest BCUT2D eigenvalue weighted by Gasteiger charge is 2.34. The second-order valence-electron chi connectivity index (χ2n) is 8.86. The van der Waals surface area contributed by atoms with Crippen molar-refractivity contribution in [1.82, 2.24) is 4.57 Å².